The summed E-state index contributed by atoms with van der Waals surface area (Å²) >= 11 is 0. The molecule has 0 amide bonds. The number of rotatable bonds is 5. The normalized spacial score (nSPS) is 13.1. The molecule has 1 unspecified atom stereocenters. The molecule has 0 spiro atoms. The number of aryl methyl sites for hydroxylation is 1. The molecule has 19 heavy (non-hydrogen) atoms. The van der Waals surface area contributed by atoms with Gasteiger partial charge in [-0.2, -0.15) is 0 Å². The number of carbonyl (C=O) groups is 1. The van der Waals surface area contributed by atoms with E-state index in [4.69, 9.17) is 9.15 Å². The molecule has 0 N–H and O–H groups in total. The zero-order chi connectivity index (χ0) is 14.0. The molecular formula is C16H20O3. The summed E-state index contributed by atoms with van der Waals surface area (Å²) in [6.45, 7) is 8.39. The van der Waals surface area contributed by atoms with Crippen LogP contribution in [0.3, 0.4) is 0 Å². The van der Waals surface area contributed by atoms with Crippen molar-refractivity contribution < 1.29 is 13.9 Å². The third kappa shape index (κ3) is 2.87. The van der Waals surface area contributed by atoms with E-state index in [9.17, 15) is 4.79 Å². The molecule has 0 aliphatic heterocycles. The molecule has 0 fully saturated rings. The molecule has 3 nitrogen and oxygen atoms in total. The fraction of sp³-hybridized carbons (Fsp3) is 0.438. The second kappa shape index (κ2) is 5.57. The van der Waals surface area contributed by atoms with Crippen molar-refractivity contribution in [1.82, 2.24) is 0 Å². The predicted molar refractivity (Wildman–Crippen MR) is 75.5 cm³/mol. The van der Waals surface area contributed by atoms with Crippen LogP contribution in [0, 0.1) is 12.8 Å². The average Bonchev–Trinajstić information content (AvgIpc) is 2.77. The Morgan fingerprint density at radius 2 is 2.05 bits per heavy atom. The van der Waals surface area contributed by atoms with Gasteiger partial charge in [-0.15, -0.1) is 0 Å². The Bertz CT molecular complexity index is 581. The quantitative estimate of drug-likeness (QED) is 0.763. The lowest BCUT2D eigenvalue weighted by Crippen LogP contribution is -2.29. The fourth-order valence-corrected chi connectivity index (χ4v) is 2.17. The molecule has 3 heteroatoms. The van der Waals surface area contributed by atoms with Gasteiger partial charge in [0.15, 0.2) is 5.76 Å². The van der Waals surface area contributed by atoms with Gasteiger partial charge in [0.2, 0.25) is 5.78 Å². The van der Waals surface area contributed by atoms with Crippen molar-refractivity contribution in [2.24, 2.45) is 5.92 Å². The summed E-state index contributed by atoms with van der Waals surface area (Å²) in [7, 11) is 0. The number of ketones is 1. The standard InChI is InChI=1S/C16H20O3/c1-5-18-16(10(2)3)15(17)14-9-12-8-11(4)6-7-13(12)19-14/h6-10,16H,5H2,1-4H3. The van der Waals surface area contributed by atoms with Gasteiger partial charge < -0.3 is 9.15 Å². The second-order valence-corrected chi connectivity index (χ2v) is 5.14. The summed E-state index contributed by atoms with van der Waals surface area (Å²) in [6.07, 6.45) is -0.438. The minimum absolute atomic E-state index is 0.0781. The highest BCUT2D eigenvalue weighted by Gasteiger charge is 2.26. The van der Waals surface area contributed by atoms with Crippen molar-refractivity contribution in [3.8, 4) is 0 Å². The fourth-order valence-electron chi connectivity index (χ4n) is 2.17. The van der Waals surface area contributed by atoms with Gasteiger partial charge in [-0.1, -0.05) is 25.5 Å². The molecule has 2 rings (SSSR count). The third-order valence-electron chi connectivity index (χ3n) is 3.12. The van der Waals surface area contributed by atoms with Crippen molar-refractivity contribution in [2.45, 2.75) is 33.8 Å². The van der Waals surface area contributed by atoms with Crippen LogP contribution in [-0.4, -0.2) is 18.5 Å². The Balaban J connectivity index is 2.34. The first-order valence-electron chi connectivity index (χ1n) is 6.69. The van der Waals surface area contributed by atoms with E-state index in [1.165, 1.54) is 0 Å². The highest BCUT2D eigenvalue weighted by Crippen LogP contribution is 2.23. The highest BCUT2D eigenvalue weighted by atomic mass is 16.5. The van der Waals surface area contributed by atoms with Crippen LogP contribution in [0.1, 0.15) is 36.9 Å². The van der Waals surface area contributed by atoms with Crippen LogP contribution in [0.25, 0.3) is 11.0 Å². The summed E-state index contributed by atoms with van der Waals surface area (Å²) in [6, 6.07) is 7.69. The Morgan fingerprint density at radius 3 is 2.68 bits per heavy atom. The zero-order valence-corrected chi connectivity index (χ0v) is 11.9. The summed E-state index contributed by atoms with van der Waals surface area (Å²) in [5, 5.41) is 0.961. The number of carbonyl (C=O) groups excluding carboxylic acids is 1. The predicted octanol–water partition coefficient (Wildman–Crippen LogP) is 3.99. The third-order valence-corrected chi connectivity index (χ3v) is 3.12. The number of Topliss-reactive ketones (excluding diaryl/α,β-unsaturated/α-hetero) is 1. The van der Waals surface area contributed by atoms with Gasteiger partial charge >= 0.3 is 0 Å². The largest absolute Gasteiger partial charge is 0.453 e. The first kappa shape index (κ1) is 13.8. The van der Waals surface area contributed by atoms with Crippen LogP contribution in [0.5, 0.6) is 0 Å². The molecule has 0 saturated carbocycles. The topological polar surface area (TPSA) is 39.4 Å². The lowest BCUT2D eigenvalue weighted by molar-refractivity contribution is 0.0259. The molecule has 0 bridgehead atoms. The van der Waals surface area contributed by atoms with E-state index in [1.54, 1.807) is 6.07 Å². The maximum atomic E-state index is 12.4. The molecule has 1 heterocycles. The summed E-state index contributed by atoms with van der Waals surface area (Å²) in [5.41, 5.74) is 1.89. The van der Waals surface area contributed by atoms with E-state index in [1.807, 2.05) is 45.9 Å². The zero-order valence-electron chi connectivity index (χ0n) is 11.9. The van der Waals surface area contributed by atoms with E-state index >= 15 is 0 Å². The smallest absolute Gasteiger partial charge is 0.226 e. The van der Waals surface area contributed by atoms with E-state index in [0.717, 1.165) is 16.5 Å². The minimum atomic E-state index is -0.438. The highest BCUT2D eigenvalue weighted by molar-refractivity contribution is 6.00. The number of hydrogen-bond donors (Lipinski definition) is 0. The Morgan fingerprint density at radius 1 is 1.32 bits per heavy atom. The van der Waals surface area contributed by atoms with Crippen LogP contribution in [0.15, 0.2) is 28.7 Å². The summed E-state index contributed by atoms with van der Waals surface area (Å²) in [5.74, 6) is 0.431. The molecule has 1 aromatic heterocycles. The first-order valence-corrected chi connectivity index (χ1v) is 6.69. The van der Waals surface area contributed by atoms with E-state index in [2.05, 4.69) is 0 Å². The maximum absolute atomic E-state index is 12.4. The van der Waals surface area contributed by atoms with Crippen LogP contribution in [0.4, 0.5) is 0 Å². The lowest BCUT2D eigenvalue weighted by atomic mass is 10.0. The Hall–Kier alpha value is -1.61. The molecule has 0 aliphatic rings. The van der Waals surface area contributed by atoms with Crippen LogP contribution < -0.4 is 0 Å². The maximum Gasteiger partial charge on any atom is 0.226 e. The number of ether oxygens (including phenoxy) is 1. The molecule has 102 valence electrons. The monoisotopic (exact) mass is 260 g/mol. The van der Waals surface area contributed by atoms with Crippen molar-refractivity contribution >= 4 is 16.8 Å². The van der Waals surface area contributed by atoms with Gasteiger partial charge in [-0.25, -0.2) is 0 Å². The number of fused-ring (bicyclic) bond motifs is 1. The average molecular weight is 260 g/mol. The number of benzene rings is 1. The molecule has 0 saturated heterocycles. The van der Waals surface area contributed by atoms with Gasteiger partial charge in [-0.3, -0.25) is 4.79 Å². The van der Waals surface area contributed by atoms with Crippen molar-refractivity contribution in [3.63, 3.8) is 0 Å². The van der Waals surface area contributed by atoms with Gasteiger partial charge in [0, 0.05) is 12.0 Å². The van der Waals surface area contributed by atoms with Crippen molar-refractivity contribution in [1.29, 1.82) is 0 Å². The first-order chi connectivity index (χ1) is 9.02. The number of furan rings is 1. The van der Waals surface area contributed by atoms with Gasteiger partial charge in [0.05, 0.1) is 0 Å². The van der Waals surface area contributed by atoms with Gasteiger partial charge in [0.25, 0.3) is 0 Å². The summed E-state index contributed by atoms with van der Waals surface area (Å²) < 4.78 is 11.2. The van der Waals surface area contributed by atoms with Crippen LogP contribution >= 0.6 is 0 Å². The minimum Gasteiger partial charge on any atom is -0.453 e. The molecule has 0 radical (unpaired) electrons. The molecule has 0 aliphatic carbocycles. The van der Waals surface area contributed by atoms with Crippen LogP contribution in [0.2, 0.25) is 0 Å². The molecule has 1 atom stereocenters. The van der Waals surface area contributed by atoms with Gasteiger partial charge in [0.1, 0.15) is 11.7 Å². The van der Waals surface area contributed by atoms with Crippen LogP contribution in [-0.2, 0) is 4.74 Å². The number of hydrogen-bond acceptors (Lipinski definition) is 3. The van der Waals surface area contributed by atoms with Crippen molar-refractivity contribution in [2.75, 3.05) is 6.61 Å². The van der Waals surface area contributed by atoms with E-state index in [-0.39, 0.29) is 11.7 Å². The SMILES string of the molecule is CCOC(C(=O)c1cc2cc(C)ccc2o1)C(C)C. The van der Waals surface area contributed by atoms with Crippen molar-refractivity contribution in [3.05, 3.63) is 35.6 Å². The second-order valence-electron chi connectivity index (χ2n) is 5.14. The van der Waals surface area contributed by atoms with E-state index in [0.29, 0.717) is 12.4 Å². The molecular weight excluding hydrogens is 240 g/mol. The summed E-state index contributed by atoms with van der Waals surface area (Å²) in [4.78, 5) is 12.4. The Labute approximate surface area is 113 Å². The lowest BCUT2D eigenvalue weighted by Gasteiger charge is -2.17. The van der Waals surface area contributed by atoms with Gasteiger partial charge in [-0.05, 0) is 38.0 Å². The Kier molecular flexibility index (Phi) is 4.05. The van der Waals surface area contributed by atoms with E-state index < -0.39 is 6.10 Å². The molecule has 1 aromatic carbocycles. The molecule has 2 aromatic rings.